The lowest BCUT2D eigenvalue weighted by Gasteiger charge is -2.12. The average molecular weight is 290 g/mol. The lowest BCUT2D eigenvalue weighted by atomic mass is 10.2. The summed E-state index contributed by atoms with van der Waals surface area (Å²) in [6.07, 6.45) is 0.263. The summed E-state index contributed by atoms with van der Waals surface area (Å²) in [4.78, 5) is 9.70. The first-order valence-corrected chi connectivity index (χ1v) is 7.34. The highest BCUT2D eigenvalue weighted by Crippen LogP contribution is 2.23. The number of hydrogen-bond acceptors (Lipinski definition) is 5. The normalized spacial score (nSPS) is 13.2. The molecule has 0 aliphatic heterocycles. The van der Waals surface area contributed by atoms with Crippen LogP contribution in [-0.2, 0) is 15.6 Å². The van der Waals surface area contributed by atoms with E-state index in [-0.39, 0.29) is 18.5 Å². The molecule has 106 valence electrons. The first kappa shape index (κ1) is 15.5. The number of rotatable bonds is 6. The standard InChI is InChI=1S/C11H15FN2O4S/c1-8(5-6-13)19(17,18)7-9-3-2-4-10(11(9)12)14(15)16/h2-4,8H,5-7,13H2,1H3. The molecule has 0 fully saturated rings. The summed E-state index contributed by atoms with van der Waals surface area (Å²) in [7, 11) is -3.58. The largest absolute Gasteiger partial charge is 0.330 e. The van der Waals surface area contributed by atoms with Crippen LogP contribution in [0.4, 0.5) is 10.1 Å². The molecule has 0 aliphatic rings. The molecular formula is C11H15FN2O4S. The van der Waals surface area contributed by atoms with Gasteiger partial charge in [0.05, 0.1) is 15.9 Å². The zero-order valence-corrected chi connectivity index (χ0v) is 11.2. The number of nitro groups is 1. The van der Waals surface area contributed by atoms with Gasteiger partial charge in [0.1, 0.15) is 0 Å². The van der Waals surface area contributed by atoms with E-state index in [1.165, 1.54) is 19.1 Å². The first-order chi connectivity index (χ1) is 8.79. The Labute approximate surface area is 110 Å². The predicted octanol–water partition coefficient (Wildman–Crippen LogP) is 1.39. The van der Waals surface area contributed by atoms with Gasteiger partial charge in [-0.15, -0.1) is 0 Å². The van der Waals surface area contributed by atoms with Crippen molar-refractivity contribution in [3.63, 3.8) is 0 Å². The summed E-state index contributed by atoms with van der Waals surface area (Å²) in [5.74, 6) is -1.67. The van der Waals surface area contributed by atoms with Crippen molar-refractivity contribution in [3.05, 3.63) is 39.7 Å². The maximum atomic E-state index is 13.8. The van der Waals surface area contributed by atoms with E-state index in [2.05, 4.69) is 0 Å². The van der Waals surface area contributed by atoms with Crippen LogP contribution < -0.4 is 5.73 Å². The van der Waals surface area contributed by atoms with Gasteiger partial charge in [-0.05, 0) is 19.9 Å². The van der Waals surface area contributed by atoms with Crippen LogP contribution in [-0.4, -0.2) is 25.1 Å². The molecular weight excluding hydrogens is 275 g/mol. The van der Waals surface area contributed by atoms with Crippen molar-refractivity contribution in [2.75, 3.05) is 6.54 Å². The van der Waals surface area contributed by atoms with E-state index in [1.807, 2.05) is 0 Å². The summed E-state index contributed by atoms with van der Waals surface area (Å²) in [6.45, 7) is 1.69. The van der Waals surface area contributed by atoms with Crippen molar-refractivity contribution in [2.45, 2.75) is 24.3 Å². The minimum atomic E-state index is -3.58. The maximum absolute atomic E-state index is 13.8. The summed E-state index contributed by atoms with van der Waals surface area (Å²) in [6, 6.07) is 3.49. The molecule has 0 amide bonds. The van der Waals surface area contributed by atoms with E-state index < -0.39 is 37.3 Å². The van der Waals surface area contributed by atoms with Crippen LogP contribution >= 0.6 is 0 Å². The Hall–Kier alpha value is -1.54. The van der Waals surface area contributed by atoms with Gasteiger partial charge in [0.2, 0.25) is 5.82 Å². The van der Waals surface area contributed by atoms with Gasteiger partial charge in [-0.1, -0.05) is 12.1 Å². The van der Waals surface area contributed by atoms with E-state index in [0.29, 0.717) is 0 Å². The highest BCUT2D eigenvalue weighted by atomic mass is 32.2. The Kier molecular flexibility index (Phi) is 4.96. The molecule has 19 heavy (non-hydrogen) atoms. The van der Waals surface area contributed by atoms with Crippen LogP contribution in [0.1, 0.15) is 18.9 Å². The lowest BCUT2D eigenvalue weighted by Crippen LogP contribution is -2.23. The molecule has 8 heteroatoms. The zero-order valence-electron chi connectivity index (χ0n) is 10.4. The van der Waals surface area contributed by atoms with E-state index in [9.17, 15) is 22.9 Å². The fourth-order valence-electron chi connectivity index (χ4n) is 1.59. The van der Waals surface area contributed by atoms with Crippen molar-refractivity contribution >= 4 is 15.5 Å². The molecule has 0 aliphatic carbocycles. The van der Waals surface area contributed by atoms with Gasteiger partial charge in [-0.25, -0.2) is 8.42 Å². The zero-order chi connectivity index (χ0) is 14.6. The van der Waals surface area contributed by atoms with Crippen LogP contribution in [0.5, 0.6) is 0 Å². The van der Waals surface area contributed by atoms with Crippen LogP contribution in [0, 0.1) is 15.9 Å². The molecule has 0 radical (unpaired) electrons. The molecule has 0 heterocycles. The Morgan fingerprint density at radius 3 is 2.63 bits per heavy atom. The van der Waals surface area contributed by atoms with Crippen molar-refractivity contribution < 1.29 is 17.7 Å². The molecule has 1 atom stereocenters. The van der Waals surface area contributed by atoms with Gasteiger partial charge in [0, 0.05) is 11.6 Å². The summed E-state index contributed by atoms with van der Waals surface area (Å²) >= 11 is 0. The van der Waals surface area contributed by atoms with Crippen molar-refractivity contribution in [1.29, 1.82) is 0 Å². The average Bonchev–Trinajstić information content (AvgIpc) is 2.31. The second kappa shape index (κ2) is 6.07. The molecule has 6 nitrogen and oxygen atoms in total. The van der Waals surface area contributed by atoms with Gasteiger partial charge in [-0.3, -0.25) is 10.1 Å². The quantitative estimate of drug-likeness (QED) is 0.629. The number of hydrogen-bond donors (Lipinski definition) is 1. The summed E-state index contributed by atoms with van der Waals surface area (Å²) in [5, 5.41) is 9.86. The van der Waals surface area contributed by atoms with Crippen LogP contribution in [0.2, 0.25) is 0 Å². The minimum absolute atomic E-state index is 0.196. The second-order valence-corrected chi connectivity index (χ2v) is 6.62. The topological polar surface area (TPSA) is 103 Å². The number of sulfone groups is 1. The van der Waals surface area contributed by atoms with Gasteiger partial charge >= 0.3 is 5.69 Å². The Balaban J connectivity index is 3.07. The van der Waals surface area contributed by atoms with E-state index in [4.69, 9.17) is 5.73 Å². The fourth-order valence-corrected chi connectivity index (χ4v) is 3.03. The lowest BCUT2D eigenvalue weighted by molar-refractivity contribution is -0.387. The van der Waals surface area contributed by atoms with E-state index in [1.54, 1.807) is 0 Å². The Morgan fingerprint density at radius 1 is 1.47 bits per heavy atom. The van der Waals surface area contributed by atoms with Crippen molar-refractivity contribution in [2.24, 2.45) is 5.73 Å². The third-order valence-electron chi connectivity index (χ3n) is 2.80. The molecule has 1 aromatic rings. The number of halogens is 1. The monoisotopic (exact) mass is 290 g/mol. The number of nitrogens with two attached hydrogens (primary N) is 1. The van der Waals surface area contributed by atoms with Gasteiger partial charge in [0.25, 0.3) is 0 Å². The van der Waals surface area contributed by atoms with Crippen LogP contribution in [0.25, 0.3) is 0 Å². The van der Waals surface area contributed by atoms with E-state index >= 15 is 0 Å². The van der Waals surface area contributed by atoms with Gasteiger partial charge in [-0.2, -0.15) is 4.39 Å². The predicted molar refractivity (Wildman–Crippen MR) is 68.8 cm³/mol. The third-order valence-corrected chi connectivity index (χ3v) is 4.97. The fraction of sp³-hybridized carbons (Fsp3) is 0.455. The molecule has 1 aromatic carbocycles. The summed E-state index contributed by atoms with van der Waals surface area (Å²) in [5.41, 5.74) is 4.37. The maximum Gasteiger partial charge on any atom is 0.305 e. The summed E-state index contributed by atoms with van der Waals surface area (Å²) < 4.78 is 37.6. The number of benzene rings is 1. The van der Waals surface area contributed by atoms with Gasteiger partial charge < -0.3 is 5.73 Å². The molecule has 0 bridgehead atoms. The molecule has 2 N–H and O–H groups in total. The molecule has 0 spiro atoms. The SMILES string of the molecule is CC(CCN)S(=O)(=O)Cc1cccc([N+](=O)[O-])c1F. The number of nitrogens with zero attached hydrogens (tertiary/aromatic N) is 1. The Morgan fingerprint density at radius 2 is 2.11 bits per heavy atom. The van der Waals surface area contributed by atoms with Crippen molar-refractivity contribution in [3.8, 4) is 0 Å². The highest BCUT2D eigenvalue weighted by Gasteiger charge is 2.25. The van der Waals surface area contributed by atoms with Gasteiger partial charge in [0.15, 0.2) is 9.84 Å². The van der Waals surface area contributed by atoms with Crippen molar-refractivity contribution in [1.82, 2.24) is 0 Å². The molecule has 1 rings (SSSR count). The van der Waals surface area contributed by atoms with E-state index in [0.717, 1.165) is 6.07 Å². The Bertz CT molecular complexity index is 574. The first-order valence-electron chi connectivity index (χ1n) is 5.63. The minimum Gasteiger partial charge on any atom is -0.330 e. The molecule has 0 saturated carbocycles. The molecule has 0 aromatic heterocycles. The van der Waals surface area contributed by atoms with Crippen LogP contribution in [0.3, 0.4) is 0 Å². The van der Waals surface area contributed by atoms with Crippen LogP contribution in [0.15, 0.2) is 18.2 Å². The third kappa shape index (κ3) is 3.71. The highest BCUT2D eigenvalue weighted by molar-refractivity contribution is 7.91. The second-order valence-electron chi connectivity index (χ2n) is 4.20. The molecule has 0 saturated heterocycles. The smallest absolute Gasteiger partial charge is 0.305 e. The number of nitro benzene ring substituents is 1. The molecule has 1 unspecified atom stereocenters.